The van der Waals surface area contributed by atoms with Crippen molar-refractivity contribution in [1.82, 2.24) is 9.13 Å². The molecule has 0 bridgehead atoms. The molecular formula is C42H22B2N2O2. The Morgan fingerprint density at radius 1 is 0.458 bits per heavy atom. The fraction of sp³-hybridized carbons (Fsp3) is 0. The first-order chi connectivity index (χ1) is 27.2. The summed E-state index contributed by atoms with van der Waals surface area (Å²) < 4.78 is 86.8. The molecule has 0 spiro atoms. The van der Waals surface area contributed by atoms with Crippen LogP contribution in [0.5, 0.6) is 23.0 Å². The van der Waals surface area contributed by atoms with E-state index >= 15 is 0 Å². The van der Waals surface area contributed by atoms with Crippen LogP contribution in [-0.2, 0) is 0 Å². The van der Waals surface area contributed by atoms with E-state index in [2.05, 4.69) is 57.7 Å². The quantitative estimate of drug-likeness (QED) is 0.203. The van der Waals surface area contributed by atoms with Crippen molar-refractivity contribution < 1.29 is 20.4 Å². The van der Waals surface area contributed by atoms with E-state index in [1.165, 1.54) is 0 Å². The summed E-state index contributed by atoms with van der Waals surface area (Å²) in [5.41, 5.74) is 10.1. The molecule has 13 rings (SSSR count). The van der Waals surface area contributed by atoms with Gasteiger partial charge >= 0.3 is 0 Å². The van der Waals surface area contributed by atoms with Crippen LogP contribution in [0.25, 0.3) is 55.0 Å². The lowest BCUT2D eigenvalue weighted by molar-refractivity contribution is 0.487. The van der Waals surface area contributed by atoms with Gasteiger partial charge in [-0.1, -0.05) is 84.8 Å². The maximum atomic E-state index is 9.05. The number of rotatable bonds is 0. The van der Waals surface area contributed by atoms with Crippen molar-refractivity contribution in [2.24, 2.45) is 0 Å². The molecule has 7 aromatic carbocycles. The second-order valence-electron chi connectivity index (χ2n) is 13.0. The molecule has 0 atom stereocenters. The molecule has 4 nitrogen and oxygen atoms in total. The predicted octanol–water partition coefficient (Wildman–Crippen LogP) is 5.75. The lowest BCUT2D eigenvalue weighted by atomic mass is 9.34. The van der Waals surface area contributed by atoms with Gasteiger partial charge in [0.15, 0.2) is 0 Å². The molecule has 0 amide bonds. The number of hydrogen-bond donors (Lipinski definition) is 0. The van der Waals surface area contributed by atoms with Crippen molar-refractivity contribution in [3.63, 3.8) is 0 Å². The van der Waals surface area contributed by atoms with Crippen molar-refractivity contribution >= 4 is 89.8 Å². The van der Waals surface area contributed by atoms with E-state index in [9.17, 15) is 0 Å². The number of nitrogens with zero attached hydrogens (tertiary/aromatic N) is 2. The lowest BCUT2D eigenvalue weighted by Gasteiger charge is -2.33. The number of aromatic nitrogens is 2. The topological polar surface area (TPSA) is 28.3 Å². The molecule has 0 fully saturated rings. The van der Waals surface area contributed by atoms with Gasteiger partial charge < -0.3 is 18.6 Å². The number of fused-ring (bicyclic) bond motifs is 14. The standard InChI is InChI=1S/C42H22B2N2O2/c1-3-17-35-27(11-1)43-29-13-5-9-23-25-21-26-24-10-6-14-30-42(24)46(32-16-8-20-38-40(32)44(30)28-12-2-4-18-36(28)48-38)34(26)22-33(25)45(41(23)29)31-15-7-19-37(47-35)39(31)43/h1-22H/i1D,2D,3D,4D,11D,12D,17D,18D. The van der Waals surface area contributed by atoms with E-state index in [-0.39, 0.29) is 59.8 Å². The summed E-state index contributed by atoms with van der Waals surface area (Å²) in [7, 11) is 0. The van der Waals surface area contributed by atoms with Gasteiger partial charge in [-0.2, -0.15) is 0 Å². The smallest absolute Gasteiger partial charge is 0.256 e. The van der Waals surface area contributed by atoms with Gasteiger partial charge in [0.2, 0.25) is 0 Å². The van der Waals surface area contributed by atoms with Crippen LogP contribution < -0.4 is 42.3 Å². The molecule has 0 unspecified atom stereocenters. The van der Waals surface area contributed by atoms with E-state index in [1.807, 2.05) is 36.4 Å². The predicted molar refractivity (Wildman–Crippen MR) is 197 cm³/mol. The average Bonchev–Trinajstić information content (AvgIpc) is 3.73. The van der Waals surface area contributed by atoms with Gasteiger partial charge in [0.1, 0.15) is 23.0 Å². The Morgan fingerprint density at radius 3 is 1.46 bits per heavy atom. The van der Waals surface area contributed by atoms with Gasteiger partial charge in [0.25, 0.3) is 13.4 Å². The van der Waals surface area contributed by atoms with Gasteiger partial charge in [-0.25, -0.2) is 0 Å². The minimum absolute atomic E-state index is 0.101. The highest BCUT2D eigenvalue weighted by atomic mass is 16.5. The first-order valence-corrected chi connectivity index (χ1v) is 16.0. The Morgan fingerprint density at radius 2 is 0.938 bits per heavy atom. The molecule has 0 aliphatic carbocycles. The Hall–Kier alpha value is -6.13. The maximum Gasteiger partial charge on any atom is 0.256 e. The zero-order valence-electron chi connectivity index (χ0n) is 32.9. The highest BCUT2D eigenvalue weighted by molar-refractivity contribution is 7.00. The molecule has 4 aliphatic heterocycles. The Balaban J connectivity index is 1.16. The molecular weight excluding hydrogens is 586 g/mol. The van der Waals surface area contributed by atoms with Gasteiger partial charge in [-0.15, -0.1) is 0 Å². The van der Waals surface area contributed by atoms with Crippen molar-refractivity contribution in [1.29, 1.82) is 0 Å². The largest absolute Gasteiger partial charge is 0.458 e. The molecule has 6 heteroatoms. The molecule has 6 heterocycles. The molecule has 4 aliphatic rings. The Labute approximate surface area is 286 Å². The fourth-order valence-corrected chi connectivity index (χ4v) is 9.18. The van der Waals surface area contributed by atoms with Crippen LogP contribution >= 0.6 is 0 Å². The summed E-state index contributed by atoms with van der Waals surface area (Å²) in [6.45, 7) is -0.942. The minimum Gasteiger partial charge on any atom is -0.458 e. The summed E-state index contributed by atoms with van der Waals surface area (Å²) in [5.74, 6) is 1.44. The summed E-state index contributed by atoms with van der Waals surface area (Å²) >= 11 is 0. The van der Waals surface area contributed by atoms with Crippen LogP contribution in [0.1, 0.15) is 11.0 Å². The van der Waals surface area contributed by atoms with Crippen molar-refractivity contribution in [3.05, 3.63) is 133 Å². The zero-order chi connectivity index (χ0) is 37.8. The van der Waals surface area contributed by atoms with Crippen LogP contribution in [-0.4, -0.2) is 22.6 Å². The molecule has 48 heavy (non-hydrogen) atoms. The highest BCUT2D eigenvalue weighted by Gasteiger charge is 2.42. The Kier molecular flexibility index (Phi) is 3.06. The number of benzene rings is 7. The molecule has 2 aromatic heterocycles. The lowest BCUT2D eigenvalue weighted by Crippen LogP contribution is -2.58. The Bertz CT molecular complexity index is 3230. The minimum atomic E-state index is -0.471. The van der Waals surface area contributed by atoms with Crippen LogP contribution in [0, 0.1) is 0 Å². The van der Waals surface area contributed by atoms with E-state index in [4.69, 9.17) is 20.4 Å². The maximum absolute atomic E-state index is 9.05. The molecule has 218 valence electrons. The normalized spacial score (nSPS) is 16.4. The van der Waals surface area contributed by atoms with E-state index in [1.54, 1.807) is 0 Å². The van der Waals surface area contributed by atoms with Crippen molar-refractivity contribution in [2.45, 2.75) is 0 Å². The third-order valence-corrected chi connectivity index (χ3v) is 10.9. The van der Waals surface area contributed by atoms with Crippen molar-refractivity contribution in [3.8, 4) is 34.4 Å². The third-order valence-electron chi connectivity index (χ3n) is 10.9. The van der Waals surface area contributed by atoms with Crippen LogP contribution in [0.3, 0.4) is 0 Å². The molecule has 0 radical (unpaired) electrons. The fourth-order valence-electron chi connectivity index (χ4n) is 9.18. The second-order valence-corrected chi connectivity index (χ2v) is 13.0. The summed E-state index contributed by atoms with van der Waals surface area (Å²) in [4.78, 5) is 0. The average molecular weight is 616 g/mol. The van der Waals surface area contributed by atoms with Crippen LogP contribution in [0.2, 0.25) is 0 Å². The summed E-state index contributed by atoms with van der Waals surface area (Å²) in [5, 5.41) is 4.10. The van der Waals surface area contributed by atoms with E-state index < -0.39 is 13.4 Å². The van der Waals surface area contributed by atoms with Crippen LogP contribution in [0.4, 0.5) is 0 Å². The van der Waals surface area contributed by atoms with E-state index in [0.717, 1.165) is 76.8 Å². The molecule has 9 aromatic rings. The van der Waals surface area contributed by atoms with Gasteiger partial charge in [0, 0.05) is 44.0 Å². The molecule has 0 saturated carbocycles. The molecule has 0 saturated heterocycles. The van der Waals surface area contributed by atoms with Crippen LogP contribution in [0.15, 0.2) is 133 Å². The van der Waals surface area contributed by atoms with Gasteiger partial charge in [-0.3, -0.25) is 0 Å². The SMILES string of the molecule is [2H]c1c([2H])c([2H])c2c(c1[2H])Oc1cccc3c1B2c1cccc2c4cc5c6cccc7c6n(c5cc4n-3c12)-c1cccc2c1B7c1c([2H])c([2H])c([2H])c([2H])c1O2. The highest BCUT2D eigenvalue weighted by Crippen LogP contribution is 2.42. The zero-order valence-corrected chi connectivity index (χ0v) is 24.9. The first-order valence-electron chi connectivity index (χ1n) is 20.0. The number of hydrogen-bond acceptors (Lipinski definition) is 2. The first kappa shape index (κ1) is 18.3. The third kappa shape index (κ3) is 2.61. The second kappa shape index (κ2) is 8.04. The number of para-hydroxylation sites is 4. The summed E-state index contributed by atoms with van der Waals surface area (Å²) in [6.07, 6.45) is 0. The van der Waals surface area contributed by atoms with Crippen molar-refractivity contribution in [2.75, 3.05) is 0 Å². The summed E-state index contributed by atoms with van der Waals surface area (Å²) in [6, 6.07) is 26.8. The molecule has 0 N–H and O–H groups in total. The van der Waals surface area contributed by atoms with E-state index in [0.29, 0.717) is 22.4 Å². The monoisotopic (exact) mass is 616 g/mol. The number of ether oxygens (including phenoxy) is 2. The van der Waals surface area contributed by atoms with Gasteiger partial charge in [0.05, 0.1) is 22.0 Å². The van der Waals surface area contributed by atoms with Gasteiger partial charge in [-0.05, 0) is 81.3 Å².